The van der Waals surface area contributed by atoms with Crippen LogP contribution in [0, 0.1) is 0 Å². The maximum Gasteiger partial charge on any atom is 0.259 e. The van der Waals surface area contributed by atoms with E-state index in [0.29, 0.717) is 34.0 Å². The molecule has 6 nitrogen and oxygen atoms in total. The number of nitrogens with one attached hydrogen (secondary N) is 2. The molecule has 0 atom stereocenters. The lowest BCUT2D eigenvalue weighted by Gasteiger charge is -2.19. The van der Waals surface area contributed by atoms with Crippen LogP contribution in [0.1, 0.15) is 47.1 Å². The smallest absolute Gasteiger partial charge is 0.259 e. The molecule has 32 heavy (non-hydrogen) atoms. The van der Waals surface area contributed by atoms with Crippen LogP contribution in [0.4, 0.5) is 11.4 Å². The minimum Gasteiger partial charge on any atom is -0.497 e. The second-order valence-corrected chi connectivity index (χ2v) is 8.38. The highest BCUT2D eigenvalue weighted by Crippen LogP contribution is 2.26. The van der Waals surface area contributed by atoms with Gasteiger partial charge in [-0.1, -0.05) is 39.0 Å². The molecule has 0 aromatic heterocycles. The Bertz CT molecular complexity index is 1120. The van der Waals surface area contributed by atoms with Crippen molar-refractivity contribution < 1.29 is 19.1 Å². The van der Waals surface area contributed by atoms with Gasteiger partial charge in [0.2, 0.25) is 0 Å². The average Bonchev–Trinajstić information content (AvgIpc) is 2.78. The summed E-state index contributed by atoms with van der Waals surface area (Å²) in [7, 11) is 3.04. The molecule has 0 radical (unpaired) electrons. The number of carbonyl (C=O) groups excluding carboxylic acids is 2. The lowest BCUT2D eigenvalue weighted by atomic mass is 9.87. The molecule has 0 saturated heterocycles. The van der Waals surface area contributed by atoms with Crippen LogP contribution in [0.3, 0.4) is 0 Å². The van der Waals surface area contributed by atoms with Crippen LogP contribution in [0.15, 0.2) is 66.7 Å². The maximum absolute atomic E-state index is 12.7. The Morgan fingerprint density at radius 2 is 1.38 bits per heavy atom. The summed E-state index contributed by atoms with van der Waals surface area (Å²) in [6, 6.07) is 19.5. The fourth-order valence-electron chi connectivity index (χ4n) is 3.18. The van der Waals surface area contributed by atoms with Gasteiger partial charge >= 0.3 is 0 Å². The molecule has 3 aromatic carbocycles. The molecule has 0 heterocycles. The van der Waals surface area contributed by atoms with Crippen molar-refractivity contribution in [3.63, 3.8) is 0 Å². The Morgan fingerprint density at radius 1 is 0.750 bits per heavy atom. The number of rotatable bonds is 6. The van der Waals surface area contributed by atoms with Crippen molar-refractivity contribution in [1.29, 1.82) is 0 Å². The Balaban J connectivity index is 1.72. The second kappa shape index (κ2) is 9.56. The minimum absolute atomic E-state index is 0.0219. The van der Waals surface area contributed by atoms with E-state index in [1.165, 1.54) is 7.11 Å². The van der Waals surface area contributed by atoms with E-state index < -0.39 is 0 Å². The van der Waals surface area contributed by atoms with E-state index in [4.69, 9.17) is 9.47 Å². The molecule has 3 rings (SSSR count). The molecule has 2 N–H and O–H groups in total. The van der Waals surface area contributed by atoms with Gasteiger partial charge in [-0.05, 0) is 53.4 Å². The first kappa shape index (κ1) is 22.9. The molecule has 0 saturated carbocycles. The topological polar surface area (TPSA) is 76.7 Å². The normalized spacial score (nSPS) is 10.9. The molecule has 166 valence electrons. The summed E-state index contributed by atoms with van der Waals surface area (Å²) in [6.45, 7) is 6.39. The molecule has 0 unspecified atom stereocenters. The van der Waals surface area contributed by atoms with Gasteiger partial charge in [-0.3, -0.25) is 9.59 Å². The van der Waals surface area contributed by atoms with Crippen molar-refractivity contribution in [2.45, 2.75) is 26.2 Å². The monoisotopic (exact) mass is 432 g/mol. The Hall–Kier alpha value is -3.80. The van der Waals surface area contributed by atoms with Gasteiger partial charge in [0.05, 0.1) is 19.8 Å². The lowest BCUT2D eigenvalue weighted by molar-refractivity contribution is 0.101. The van der Waals surface area contributed by atoms with E-state index in [9.17, 15) is 9.59 Å². The number of amides is 2. The van der Waals surface area contributed by atoms with Crippen molar-refractivity contribution in [2.75, 3.05) is 24.9 Å². The number of anilines is 2. The largest absolute Gasteiger partial charge is 0.497 e. The highest BCUT2D eigenvalue weighted by Gasteiger charge is 2.16. The van der Waals surface area contributed by atoms with Crippen LogP contribution < -0.4 is 20.1 Å². The van der Waals surface area contributed by atoms with Gasteiger partial charge in [0.15, 0.2) is 0 Å². The van der Waals surface area contributed by atoms with Gasteiger partial charge in [0, 0.05) is 23.0 Å². The van der Waals surface area contributed by atoms with Crippen LogP contribution in [-0.4, -0.2) is 26.0 Å². The van der Waals surface area contributed by atoms with Crippen LogP contribution in [0.2, 0.25) is 0 Å². The molecular weight excluding hydrogens is 404 g/mol. The van der Waals surface area contributed by atoms with Crippen molar-refractivity contribution in [3.8, 4) is 11.5 Å². The van der Waals surface area contributed by atoms with E-state index >= 15 is 0 Å². The first-order valence-electron chi connectivity index (χ1n) is 10.3. The average molecular weight is 433 g/mol. The molecule has 6 heteroatoms. The zero-order valence-corrected chi connectivity index (χ0v) is 19.0. The minimum atomic E-state index is -0.328. The third kappa shape index (κ3) is 5.46. The summed E-state index contributed by atoms with van der Waals surface area (Å²) in [5, 5.41) is 5.71. The highest BCUT2D eigenvalue weighted by atomic mass is 16.5. The Kier molecular flexibility index (Phi) is 6.83. The summed E-state index contributed by atoms with van der Waals surface area (Å²) >= 11 is 0. The number of ether oxygens (including phenoxy) is 2. The van der Waals surface area contributed by atoms with Crippen LogP contribution in [-0.2, 0) is 5.41 Å². The van der Waals surface area contributed by atoms with Gasteiger partial charge in [-0.25, -0.2) is 0 Å². The third-order valence-corrected chi connectivity index (χ3v) is 5.04. The zero-order valence-electron chi connectivity index (χ0n) is 19.0. The number of benzene rings is 3. The number of hydrogen-bond acceptors (Lipinski definition) is 4. The van der Waals surface area contributed by atoms with E-state index in [2.05, 4.69) is 31.4 Å². The molecule has 2 amide bonds. The summed E-state index contributed by atoms with van der Waals surface area (Å²) in [4.78, 5) is 25.4. The van der Waals surface area contributed by atoms with E-state index in [-0.39, 0.29) is 17.2 Å². The van der Waals surface area contributed by atoms with E-state index in [1.807, 2.05) is 24.3 Å². The third-order valence-electron chi connectivity index (χ3n) is 5.04. The summed E-state index contributed by atoms with van der Waals surface area (Å²) < 4.78 is 10.5. The standard InChI is InChI=1S/C26H28N2O4/c1-26(2,3)18-11-9-17(10-12-18)24(29)27-19-7-6-8-20(15-19)28-25(30)22-14-13-21(31-4)16-23(22)32-5/h6-16H,1-5H3,(H,27,29)(H,28,30). The molecule has 3 aromatic rings. The fourth-order valence-corrected chi connectivity index (χ4v) is 3.18. The Morgan fingerprint density at radius 3 is 1.94 bits per heavy atom. The van der Waals surface area contributed by atoms with Gasteiger partial charge in [-0.15, -0.1) is 0 Å². The fraction of sp³-hybridized carbons (Fsp3) is 0.231. The second-order valence-electron chi connectivity index (χ2n) is 8.38. The predicted octanol–water partition coefficient (Wildman–Crippen LogP) is 5.51. The molecule has 0 fully saturated rings. The first-order chi connectivity index (χ1) is 15.2. The summed E-state index contributed by atoms with van der Waals surface area (Å²) in [5.74, 6) is 0.458. The van der Waals surface area contributed by atoms with Crippen molar-refractivity contribution in [3.05, 3.63) is 83.4 Å². The highest BCUT2D eigenvalue weighted by molar-refractivity contribution is 6.07. The van der Waals surface area contributed by atoms with Crippen molar-refractivity contribution >= 4 is 23.2 Å². The van der Waals surface area contributed by atoms with Crippen LogP contribution in [0.25, 0.3) is 0 Å². The first-order valence-corrected chi connectivity index (χ1v) is 10.3. The quantitative estimate of drug-likeness (QED) is 0.539. The summed E-state index contributed by atoms with van der Waals surface area (Å²) in [6.07, 6.45) is 0. The lowest BCUT2D eigenvalue weighted by Crippen LogP contribution is -2.15. The molecule has 0 aliphatic carbocycles. The maximum atomic E-state index is 12.7. The zero-order chi connectivity index (χ0) is 23.3. The summed E-state index contributed by atoms with van der Waals surface area (Å²) in [5.41, 5.74) is 3.25. The molecule has 0 spiro atoms. The van der Waals surface area contributed by atoms with Crippen molar-refractivity contribution in [1.82, 2.24) is 0 Å². The van der Waals surface area contributed by atoms with E-state index in [0.717, 1.165) is 5.56 Å². The van der Waals surface area contributed by atoms with Gasteiger partial charge in [-0.2, -0.15) is 0 Å². The molecule has 0 bridgehead atoms. The molecule has 0 aliphatic rings. The van der Waals surface area contributed by atoms with Gasteiger partial charge in [0.25, 0.3) is 11.8 Å². The molecular formula is C26H28N2O4. The Labute approximate surface area is 188 Å². The number of methoxy groups -OCH3 is 2. The number of carbonyl (C=O) groups is 2. The van der Waals surface area contributed by atoms with Crippen molar-refractivity contribution in [2.24, 2.45) is 0 Å². The SMILES string of the molecule is COc1ccc(C(=O)Nc2cccc(NC(=O)c3ccc(C(C)(C)C)cc3)c2)c(OC)c1. The number of hydrogen-bond donors (Lipinski definition) is 2. The predicted molar refractivity (Wildman–Crippen MR) is 127 cm³/mol. The van der Waals surface area contributed by atoms with E-state index in [1.54, 1.807) is 49.6 Å². The van der Waals surface area contributed by atoms with Crippen LogP contribution >= 0.6 is 0 Å². The molecule has 0 aliphatic heterocycles. The van der Waals surface area contributed by atoms with Crippen LogP contribution in [0.5, 0.6) is 11.5 Å². The van der Waals surface area contributed by atoms with Gasteiger partial charge in [0.1, 0.15) is 11.5 Å². The van der Waals surface area contributed by atoms with Gasteiger partial charge < -0.3 is 20.1 Å².